The van der Waals surface area contributed by atoms with E-state index in [4.69, 9.17) is 10.4 Å². The van der Waals surface area contributed by atoms with Crippen molar-refractivity contribution in [2.45, 2.75) is 33.3 Å². The Morgan fingerprint density at radius 2 is 2.27 bits per heavy atom. The molecule has 2 unspecified atom stereocenters. The highest BCUT2D eigenvalue weighted by Crippen LogP contribution is 2.08. The first-order chi connectivity index (χ1) is 5.11. The van der Waals surface area contributed by atoms with Gasteiger partial charge in [-0.25, -0.2) is 0 Å². The van der Waals surface area contributed by atoms with Crippen molar-refractivity contribution in [1.29, 1.82) is 5.26 Å². The van der Waals surface area contributed by atoms with Crippen molar-refractivity contribution in [3.63, 3.8) is 0 Å². The second-order valence-electron chi connectivity index (χ2n) is 2.83. The lowest BCUT2D eigenvalue weighted by atomic mass is 10.0. The molecule has 2 atom stereocenters. The van der Waals surface area contributed by atoms with E-state index in [0.29, 0.717) is 5.92 Å². The average molecular weight is 153 g/mol. The Morgan fingerprint density at radius 1 is 1.73 bits per heavy atom. The molecule has 11 heavy (non-hydrogen) atoms. The van der Waals surface area contributed by atoms with Crippen molar-refractivity contribution < 1.29 is 5.11 Å². The number of aliphatic hydroxyl groups is 1. The number of hydrogen-bond acceptors (Lipinski definition) is 2. The SMILES string of the molecule is CCC(C)/C=C(/C)C(O)C#N. The molecule has 0 aliphatic carbocycles. The predicted octanol–water partition coefficient (Wildman–Crippen LogP) is 1.86. The Morgan fingerprint density at radius 3 is 2.64 bits per heavy atom. The standard InChI is InChI=1S/C9H15NO/c1-4-7(2)5-8(3)9(11)6-10/h5,7,9,11H,4H2,1-3H3/b8-5-. The van der Waals surface area contributed by atoms with Crippen molar-refractivity contribution in [2.24, 2.45) is 5.92 Å². The zero-order valence-electron chi connectivity index (χ0n) is 7.33. The van der Waals surface area contributed by atoms with Crippen molar-refractivity contribution in [3.8, 4) is 6.07 Å². The van der Waals surface area contributed by atoms with Crippen LogP contribution in [0.1, 0.15) is 27.2 Å². The van der Waals surface area contributed by atoms with Gasteiger partial charge in [-0.2, -0.15) is 5.26 Å². The van der Waals surface area contributed by atoms with Gasteiger partial charge >= 0.3 is 0 Å². The molecule has 0 saturated carbocycles. The number of hydrogen-bond donors (Lipinski definition) is 1. The average Bonchev–Trinajstić information content (AvgIpc) is 2.02. The Bertz CT molecular complexity index is 178. The maximum absolute atomic E-state index is 9.04. The van der Waals surface area contributed by atoms with E-state index < -0.39 is 6.10 Å². The Hall–Kier alpha value is -0.810. The molecule has 0 aliphatic heterocycles. The van der Waals surface area contributed by atoms with E-state index in [9.17, 15) is 0 Å². The van der Waals surface area contributed by atoms with Gasteiger partial charge in [-0.3, -0.25) is 0 Å². The lowest BCUT2D eigenvalue weighted by molar-refractivity contribution is 0.265. The number of aliphatic hydroxyl groups excluding tert-OH is 1. The summed E-state index contributed by atoms with van der Waals surface area (Å²) in [6, 6.07) is 1.78. The van der Waals surface area contributed by atoms with Gasteiger partial charge in [0.25, 0.3) is 0 Å². The van der Waals surface area contributed by atoms with Gasteiger partial charge in [0.2, 0.25) is 0 Å². The topological polar surface area (TPSA) is 44.0 Å². The summed E-state index contributed by atoms with van der Waals surface area (Å²) in [6.07, 6.45) is 2.05. The molecule has 0 spiro atoms. The van der Waals surface area contributed by atoms with Gasteiger partial charge in [0.15, 0.2) is 6.10 Å². The third kappa shape index (κ3) is 3.79. The fourth-order valence-electron chi connectivity index (χ4n) is 0.760. The molecule has 0 rings (SSSR count). The molecule has 0 fully saturated rings. The van der Waals surface area contributed by atoms with Gasteiger partial charge in [0.05, 0.1) is 6.07 Å². The summed E-state index contributed by atoms with van der Waals surface area (Å²) in [4.78, 5) is 0. The third-order valence-corrected chi connectivity index (χ3v) is 1.74. The first kappa shape index (κ1) is 10.2. The van der Waals surface area contributed by atoms with Crippen LogP contribution in [0.25, 0.3) is 0 Å². The Labute approximate surface area is 68.2 Å². The summed E-state index contributed by atoms with van der Waals surface area (Å²) < 4.78 is 0. The van der Waals surface area contributed by atoms with Crippen molar-refractivity contribution in [1.82, 2.24) is 0 Å². The lowest BCUT2D eigenvalue weighted by Gasteiger charge is -2.05. The zero-order valence-corrected chi connectivity index (χ0v) is 7.33. The van der Waals surface area contributed by atoms with Crippen LogP contribution in [0.5, 0.6) is 0 Å². The van der Waals surface area contributed by atoms with Crippen LogP contribution in [0.3, 0.4) is 0 Å². The molecule has 0 bridgehead atoms. The summed E-state index contributed by atoms with van der Waals surface area (Å²) in [7, 11) is 0. The molecule has 2 heteroatoms. The summed E-state index contributed by atoms with van der Waals surface area (Å²) in [5, 5.41) is 17.4. The summed E-state index contributed by atoms with van der Waals surface area (Å²) >= 11 is 0. The van der Waals surface area contributed by atoms with E-state index in [2.05, 4.69) is 13.8 Å². The molecule has 1 N–H and O–H groups in total. The molecule has 0 aromatic carbocycles. The van der Waals surface area contributed by atoms with Crippen LogP contribution >= 0.6 is 0 Å². The maximum Gasteiger partial charge on any atom is 0.161 e. The minimum atomic E-state index is -0.927. The fourth-order valence-corrected chi connectivity index (χ4v) is 0.760. The zero-order chi connectivity index (χ0) is 8.85. The molecule has 0 aliphatic rings. The normalized spacial score (nSPS) is 17.2. The molecule has 2 nitrogen and oxygen atoms in total. The van der Waals surface area contributed by atoms with Gasteiger partial charge in [-0.05, 0) is 18.4 Å². The highest BCUT2D eigenvalue weighted by molar-refractivity contribution is 5.13. The van der Waals surface area contributed by atoms with Crippen molar-refractivity contribution in [2.75, 3.05) is 0 Å². The maximum atomic E-state index is 9.04. The summed E-state index contributed by atoms with van der Waals surface area (Å²) in [5.41, 5.74) is 0.752. The molecule has 0 heterocycles. The monoisotopic (exact) mass is 153 g/mol. The molecule has 0 saturated heterocycles. The highest BCUT2D eigenvalue weighted by atomic mass is 16.3. The van der Waals surface area contributed by atoms with Gasteiger partial charge in [0.1, 0.15) is 0 Å². The van der Waals surface area contributed by atoms with Crippen LogP contribution in [-0.2, 0) is 0 Å². The van der Waals surface area contributed by atoms with E-state index in [1.54, 1.807) is 13.0 Å². The summed E-state index contributed by atoms with van der Waals surface area (Å²) in [5.74, 6) is 0.443. The number of rotatable bonds is 3. The van der Waals surface area contributed by atoms with E-state index in [1.165, 1.54) is 0 Å². The van der Waals surface area contributed by atoms with Crippen LogP contribution in [0, 0.1) is 17.2 Å². The highest BCUT2D eigenvalue weighted by Gasteiger charge is 2.04. The van der Waals surface area contributed by atoms with Crippen molar-refractivity contribution in [3.05, 3.63) is 11.6 Å². The van der Waals surface area contributed by atoms with Crippen LogP contribution in [0.15, 0.2) is 11.6 Å². The van der Waals surface area contributed by atoms with Gasteiger partial charge in [-0.1, -0.05) is 26.3 Å². The van der Waals surface area contributed by atoms with Gasteiger partial charge < -0.3 is 5.11 Å². The first-order valence-corrected chi connectivity index (χ1v) is 3.87. The van der Waals surface area contributed by atoms with E-state index in [0.717, 1.165) is 12.0 Å². The van der Waals surface area contributed by atoms with Gasteiger partial charge in [0, 0.05) is 0 Å². The molecule has 0 aromatic rings. The van der Waals surface area contributed by atoms with Crippen LogP contribution < -0.4 is 0 Å². The largest absolute Gasteiger partial charge is 0.374 e. The van der Waals surface area contributed by atoms with Crippen LogP contribution in [0.4, 0.5) is 0 Å². The Kier molecular flexibility index (Phi) is 4.56. The van der Waals surface area contributed by atoms with E-state index >= 15 is 0 Å². The number of allylic oxidation sites excluding steroid dienone is 1. The molecule has 0 amide bonds. The minimum absolute atomic E-state index is 0.443. The minimum Gasteiger partial charge on any atom is -0.374 e. The quantitative estimate of drug-likeness (QED) is 0.497. The second-order valence-corrected chi connectivity index (χ2v) is 2.83. The number of nitrogens with zero attached hydrogens (tertiary/aromatic N) is 1. The molecular formula is C9H15NO. The Balaban J connectivity index is 4.12. The summed E-state index contributed by atoms with van der Waals surface area (Å²) in [6.45, 7) is 5.92. The van der Waals surface area contributed by atoms with Crippen LogP contribution in [0.2, 0.25) is 0 Å². The third-order valence-electron chi connectivity index (χ3n) is 1.74. The van der Waals surface area contributed by atoms with Crippen LogP contribution in [-0.4, -0.2) is 11.2 Å². The van der Waals surface area contributed by atoms with E-state index in [1.807, 2.05) is 6.08 Å². The van der Waals surface area contributed by atoms with E-state index in [-0.39, 0.29) is 0 Å². The molecular weight excluding hydrogens is 138 g/mol. The van der Waals surface area contributed by atoms with Gasteiger partial charge in [-0.15, -0.1) is 0 Å². The fraction of sp³-hybridized carbons (Fsp3) is 0.667. The predicted molar refractivity (Wildman–Crippen MR) is 44.8 cm³/mol. The smallest absolute Gasteiger partial charge is 0.161 e. The second kappa shape index (κ2) is 4.92. The number of nitriles is 1. The molecule has 0 radical (unpaired) electrons. The lowest BCUT2D eigenvalue weighted by Crippen LogP contribution is -2.05. The molecule has 0 aromatic heterocycles. The molecule has 62 valence electrons. The first-order valence-electron chi connectivity index (χ1n) is 3.87. The van der Waals surface area contributed by atoms with Crippen molar-refractivity contribution >= 4 is 0 Å².